The Balaban J connectivity index is 2.18. The second-order valence-corrected chi connectivity index (χ2v) is 5.30. The molecule has 0 unspecified atom stereocenters. The van der Waals surface area contributed by atoms with Gasteiger partial charge >= 0.3 is 0 Å². The van der Waals surface area contributed by atoms with Crippen LogP contribution in [0.2, 0.25) is 0 Å². The van der Waals surface area contributed by atoms with E-state index in [9.17, 15) is 0 Å². The Hall–Kier alpha value is -2.21. The number of nitrogens with zero attached hydrogens (tertiary/aromatic N) is 4. The van der Waals surface area contributed by atoms with Crippen LogP contribution in [0.25, 0.3) is 22.2 Å². The van der Waals surface area contributed by atoms with Crippen LogP contribution in [0.4, 0.5) is 0 Å². The molecule has 0 N–H and O–H groups in total. The van der Waals surface area contributed by atoms with E-state index >= 15 is 0 Å². The summed E-state index contributed by atoms with van der Waals surface area (Å²) in [5.74, 6) is 0.737. The number of rotatable bonds is 3. The number of ether oxygens (including phenoxy) is 1. The van der Waals surface area contributed by atoms with Gasteiger partial charge in [0.25, 0.3) is 0 Å². The molecule has 5 nitrogen and oxygen atoms in total. The topological polar surface area (TPSA) is 60.8 Å². The van der Waals surface area contributed by atoms with Gasteiger partial charge in [0.05, 0.1) is 18.8 Å². The van der Waals surface area contributed by atoms with Gasteiger partial charge in [0.1, 0.15) is 11.4 Å². The summed E-state index contributed by atoms with van der Waals surface area (Å²) < 4.78 is 5.47. The minimum absolute atomic E-state index is 0.646. The number of aryl methyl sites for hydroxylation is 1. The van der Waals surface area contributed by atoms with Gasteiger partial charge in [-0.1, -0.05) is 17.8 Å². The highest BCUT2D eigenvalue weighted by atomic mass is 32.2. The molecule has 0 bridgehead atoms. The maximum atomic E-state index is 5.47. The fourth-order valence-corrected chi connectivity index (χ4v) is 2.38. The van der Waals surface area contributed by atoms with E-state index in [1.54, 1.807) is 13.3 Å². The SMILES string of the molecule is COc1cc2ccc(C)nc2cc1-c1cnc(SC)nn1. The molecule has 0 saturated heterocycles. The highest BCUT2D eigenvalue weighted by Crippen LogP contribution is 2.32. The van der Waals surface area contributed by atoms with Crippen molar-refractivity contribution in [1.29, 1.82) is 0 Å². The molecule has 0 aliphatic rings. The second-order valence-electron chi connectivity index (χ2n) is 4.53. The van der Waals surface area contributed by atoms with Crippen molar-refractivity contribution in [2.75, 3.05) is 13.4 Å². The standard InChI is InChI=1S/C15H14N4OS/c1-9-4-5-10-6-14(20-2)11(7-12(10)17-9)13-8-16-15(21-3)19-18-13/h4-8H,1-3H3. The fourth-order valence-electron chi connectivity index (χ4n) is 2.10. The number of hydrogen-bond acceptors (Lipinski definition) is 6. The summed E-state index contributed by atoms with van der Waals surface area (Å²) >= 11 is 1.46. The molecule has 0 radical (unpaired) electrons. The maximum Gasteiger partial charge on any atom is 0.208 e. The van der Waals surface area contributed by atoms with Gasteiger partial charge in [0.2, 0.25) is 5.16 Å². The molecule has 106 valence electrons. The van der Waals surface area contributed by atoms with Gasteiger partial charge in [-0.15, -0.1) is 10.2 Å². The molecule has 0 aliphatic carbocycles. The largest absolute Gasteiger partial charge is 0.496 e. The Morgan fingerprint density at radius 1 is 1.14 bits per heavy atom. The second kappa shape index (κ2) is 5.65. The zero-order chi connectivity index (χ0) is 14.8. The molecule has 6 heteroatoms. The van der Waals surface area contributed by atoms with Crippen LogP contribution in [0, 0.1) is 6.92 Å². The van der Waals surface area contributed by atoms with Crippen molar-refractivity contribution in [3.63, 3.8) is 0 Å². The summed E-state index contributed by atoms with van der Waals surface area (Å²) in [6, 6.07) is 7.94. The molecule has 1 aromatic carbocycles. The summed E-state index contributed by atoms with van der Waals surface area (Å²) in [4.78, 5) is 8.80. The van der Waals surface area contributed by atoms with Crippen molar-refractivity contribution in [1.82, 2.24) is 20.2 Å². The first kappa shape index (κ1) is 13.8. The molecule has 0 amide bonds. The summed E-state index contributed by atoms with van der Waals surface area (Å²) in [5, 5.41) is 9.97. The number of aromatic nitrogens is 4. The van der Waals surface area contributed by atoms with E-state index in [4.69, 9.17) is 4.74 Å². The fraction of sp³-hybridized carbons (Fsp3) is 0.200. The van der Waals surface area contributed by atoms with Crippen molar-refractivity contribution < 1.29 is 4.74 Å². The number of pyridine rings is 1. The van der Waals surface area contributed by atoms with Gasteiger partial charge in [-0.25, -0.2) is 4.98 Å². The Morgan fingerprint density at radius 2 is 2.00 bits per heavy atom. The van der Waals surface area contributed by atoms with Gasteiger partial charge in [-0.2, -0.15) is 0 Å². The molecule has 21 heavy (non-hydrogen) atoms. The molecular formula is C15H14N4OS. The van der Waals surface area contributed by atoms with Crippen LogP contribution in [0.15, 0.2) is 35.6 Å². The molecule has 2 heterocycles. The van der Waals surface area contributed by atoms with Gasteiger partial charge in [-0.05, 0) is 31.4 Å². The predicted molar refractivity (Wildman–Crippen MR) is 83.6 cm³/mol. The first-order valence-corrected chi connectivity index (χ1v) is 7.63. The van der Waals surface area contributed by atoms with Gasteiger partial charge in [-0.3, -0.25) is 4.98 Å². The zero-order valence-corrected chi connectivity index (χ0v) is 12.8. The first-order valence-electron chi connectivity index (χ1n) is 6.41. The lowest BCUT2D eigenvalue weighted by atomic mass is 10.1. The Kier molecular flexibility index (Phi) is 3.70. The quantitative estimate of drug-likeness (QED) is 0.692. The van der Waals surface area contributed by atoms with Crippen molar-refractivity contribution in [3.05, 3.63) is 36.2 Å². The average Bonchev–Trinajstić information content (AvgIpc) is 2.53. The van der Waals surface area contributed by atoms with Crippen LogP contribution in [0.3, 0.4) is 0 Å². The van der Waals surface area contributed by atoms with Crippen molar-refractivity contribution in [2.45, 2.75) is 12.1 Å². The van der Waals surface area contributed by atoms with Crippen molar-refractivity contribution >= 4 is 22.7 Å². The number of benzene rings is 1. The van der Waals surface area contributed by atoms with Crippen LogP contribution >= 0.6 is 11.8 Å². The maximum absolute atomic E-state index is 5.47. The van der Waals surface area contributed by atoms with E-state index in [0.717, 1.165) is 27.9 Å². The van der Waals surface area contributed by atoms with Crippen LogP contribution < -0.4 is 4.74 Å². The third kappa shape index (κ3) is 2.67. The number of thioether (sulfide) groups is 1. The molecule has 2 aromatic heterocycles. The number of hydrogen-bond donors (Lipinski definition) is 0. The lowest BCUT2D eigenvalue weighted by Gasteiger charge is -2.09. The lowest BCUT2D eigenvalue weighted by molar-refractivity contribution is 0.417. The highest BCUT2D eigenvalue weighted by Gasteiger charge is 2.11. The van der Waals surface area contributed by atoms with Gasteiger partial charge in [0.15, 0.2) is 0 Å². The highest BCUT2D eigenvalue weighted by molar-refractivity contribution is 7.98. The summed E-state index contributed by atoms with van der Waals surface area (Å²) in [6.07, 6.45) is 3.62. The lowest BCUT2D eigenvalue weighted by Crippen LogP contribution is -1.96. The molecule has 0 saturated carbocycles. The monoisotopic (exact) mass is 298 g/mol. The minimum Gasteiger partial charge on any atom is -0.496 e. The summed E-state index contributed by atoms with van der Waals surface area (Å²) in [7, 11) is 1.64. The smallest absolute Gasteiger partial charge is 0.208 e. The zero-order valence-electron chi connectivity index (χ0n) is 12.0. The molecule has 3 aromatic rings. The van der Waals surface area contributed by atoms with Crippen LogP contribution in [-0.4, -0.2) is 33.5 Å². The van der Waals surface area contributed by atoms with Gasteiger partial charge < -0.3 is 4.74 Å². The van der Waals surface area contributed by atoms with E-state index in [1.165, 1.54) is 11.8 Å². The molecule has 0 atom stereocenters. The third-order valence-corrected chi connectivity index (χ3v) is 3.70. The summed E-state index contributed by atoms with van der Waals surface area (Å²) in [5.41, 5.74) is 3.40. The van der Waals surface area contributed by atoms with E-state index < -0.39 is 0 Å². The normalized spacial score (nSPS) is 10.8. The molecule has 3 rings (SSSR count). The van der Waals surface area contributed by atoms with Crippen LogP contribution in [0.1, 0.15) is 5.69 Å². The van der Waals surface area contributed by atoms with E-state index in [1.807, 2.05) is 37.4 Å². The van der Waals surface area contributed by atoms with E-state index in [-0.39, 0.29) is 0 Å². The summed E-state index contributed by atoms with van der Waals surface area (Å²) in [6.45, 7) is 1.97. The molecule has 0 fully saturated rings. The predicted octanol–water partition coefficient (Wildman–Crippen LogP) is 3.13. The van der Waals surface area contributed by atoms with Crippen LogP contribution in [0.5, 0.6) is 5.75 Å². The molecular weight excluding hydrogens is 284 g/mol. The van der Waals surface area contributed by atoms with Crippen molar-refractivity contribution in [2.24, 2.45) is 0 Å². The minimum atomic E-state index is 0.646. The van der Waals surface area contributed by atoms with E-state index in [0.29, 0.717) is 10.9 Å². The van der Waals surface area contributed by atoms with Crippen LogP contribution in [-0.2, 0) is 0 Å². The first-order chi connectivity index (χ1) is 10.2. The van der Waals surface area contributed by atoms with Gasteiger partial charge in [0, 0.05) is 16.6 Å². The average molecular weight is 298 g/mol. The molecule has 0 spiro atoms. The number of methoxy groups -OCH3 is 1. The Bertz CT molecular complexity index is 790. The Labute approximate surface area is 126 Å². The third-order valence-electron chi connectivity index (χ3n) is 3.15. The Morgan fingerprint density at radius 3 is 2.67 bits per heavy atom. The molecule has 0 aliphatic heterocycles. The van der Waals surface area contributed by atoms with Crippen molar-refractivity contribution in [3.8, 4) is 17.0 Å². The number of fused-ring (bicyclic) bond motifs is 1. The van der Waals surface area contributed by atoms with E-state index in [2.05, 4.69) is 20.2 Å².